The van der Waals surface area contributed by atoms with Crippen LogP contribution in [-0.2, 0) is 11.3 Å². The number of aromatic nitrogens is 2. The van der Waals surface area contributed by atoms with Gasteiger partial charge in [0, 0.05) is 13.1 Å². The minimum absolute atomic E-state index is 0.0765. The fourth-order valence-corrected chi connectivity index (χ4v) is 4.15. The van der Waals surface area contributed by atoms with Crippen molar-refractivity contribution in [2.24, 2.45) is 0 Å². The first-order valence-electron chi connectivity index (χ1n) is 8.83. The number of hydrogen-bond acceptors (Lipinski definition) is 7. The molecule has 0 atom stereocenters. The summed E-state index contributed by atoms with van der Waals surface area (Å²) in [6.07, 6.45) is 0.122. The van der Waals surface area contributed by atoms with Crippen molar-refractivity contribution in [3.63, 3.8) is 0 Å². The number of anilines is 2. The van der Waals surface area contributed by atoms with E-state index in [9.17, 15) is 9.18 Å². The maximum atomic E-state index is 14.1. The average Bonchev–Trinajstić information content (AvgIpc) is 3.21. The van der Waals surface area contributed by atoms with E-state index in [0.29, 0.717) is 16.0 Å². The van der Waals surface area contributed by atoms with Crippen molar-refractivity contribution >= 4 is 39.8 Å². The highest BCUT2D eigenvalue weighted by atomic mass is 32.2. The van der Waals surface area contributed by atoms with Crippen LogP contribution in [0.1, 0.15) is 12.0 Å². The number of hydrogen-bond donors (Lipinski definition) is 1. The Bertz CT molecular complexity index is 990. The number of halogens is 1. The third-order valence-electron chi connectivity index (χ3n) is 3.90. The molecule has 1 amide bonds. The van der Waals surface area contributed by atoms with E-state index < -0.39 is 5.82 Å². The number of thioether (sulfide) groups is 1. The van der Waals surface area contributed by atoms with Crippen LogP contribution >= 0.6 is 23.1 Å². The Hall–Kier alpha value is -2.96. The largest absolute Gasteiger partial charge is 0.356 e. The van der Waals surface area contributed by atoms with Crippen LogP contribution in [0.15, 0.2) is 58.9 Å². The molecule has 1 aromatic heterocycles. The Morgan fingerprint density at radius 1 is 1.17 bits per heavy atom. The van der Waals surface area contributed by atoms with Crippen molar-refractivity contribution in [3.05, 3.63) is 66.0 Å². The summed E-state index contributed by atoms with van der Waals surface area (Å²) in [7, 11) is 0. The quantitative estimate of drug-likeness (QED) is 0.512. The molecule has 0 aliphatic heterocycles. The molecule has 0 saturated heterocycles. The summed E-state index contributed by atoms with van der Waals surface area (Å²) in [5.41, 5.74) is 1.31. The maximum absolute atomic E-state index is 14.1. The molecule has 29 heavy (non-hydrogen) atoms. The molecule has 0 unspecified atom stereocenters. The van der Waals surface area contributed by atoms with Crippen LogP contribution in [0.4, 0.5) is 15.2 Å². The Balaban J connectivity index is 1.58. The minimum Gasteiger partial charge on any atom is -0.356 e. The third-order valence-corrected chi connectivity index (χ3v) is 5.90. The number of nitriles is 1. The van der Waals surface area contributed by atoms with Gasteiger partial charge >= 0.3 is 0 Å². The number of benzene rings is 2. The first-order valence-corrected chi connectivity index (χ1v) is 10.6. The fourth-order valence-electron chi connectivity index (χ4n) is 2.53. The molecule has 2 aromatic carbocycles. The van der Waals surface area contributed by atoms with Crippen LogP contribution < -0.4 is 10.2 Å². The molecule has 3 rings (SSSR count). The van der Waals surface area contributed by atoms with E-state index in [0.717, 1.165) is 5.56 Å². The van der Waals surface area contributed by atoms with Crippen molar-refractivity contribution < 1.29 is 9.18 Å². The molecular formula is C20H18FN5OS2. The van der Waals surface area contributed by atoms with Gasteiger partial charge in [-0.25, -0.2) is 4.39 Å². The van der Waals surface area contributed by atoms with Crippen molar-refractivity contribution in [2.45, 2.75) is 17.3 Å². The summed E-state index contributed by atoms with van der Waals surface area (Å²) >= 11 is 2.60. The Morgan fingerprint density at radius 3 is 2.69 bits per heavy atom. The van der Waals surface area contributed by atoms with Crippen LogP contribution in [-0.4, -0.2) is 28.4 Å². The predicted octanol–water partition coefficient (Wildman–Crippen LogP) is 4.33. The lowest BCUT2D eigenvalue weighted by Crippen LogP contribution is -2.34. The Labute approximate surface area is 176 Å². The fraction of sp³-hybridized carbons (Fsp3) is 0.200. The Kier molecular flexibility index (Phi) is 7.55. The molecule has 0 aliphatic carbocycles. The predicted molar refractivity (Wildman–Crippen MR) is 113 cm³/mol. The second kappa shape index (κ2) is 10.5. The standard InChI is InChI=1S/C20H18FN5OS2/c21-16-9-4-5-10-17(16)26(12-6-11-22)18(27)14-28-20-25-24-19(29-20)23-13-15-7-2-1-3-8-15/h1-5,7-10H,6,12-14H2,(H,23,24). The van der Waals surface area contributed by atoms with Crippen LogP contribution in [0.25, 0.3) is 0 Å². The molecule has 0 radical (unpaired) electrons. The smallest absolute Gasteiger partial charge is 0.237 e. The van der Waals surface area contributed by atoms with E-state index >= 15 is 0 Å². The molecule has 3 aromatic rings. The van der Waals surface area contributed by atoms with E-state index in [1.165, 1.54) is 40.1 Å². The lowest BCUT2D eigenvalue weighted by Gasteiger charge is -2.21. The van der Waals surface area contributed by atoms with Gasteiger partial charge in [-0.05, 0) is 17.7 Å². The molecule has 9 heteroatoms. The molecule has 0 bridgehead atoms. The number of amides is 1. The topological polar surface area (TPSA) is 81.9 Å². The van der Waals surface area contributed by atoms with Crippen molar-refractivity contribution in [1.82, 2.24) is 10.2 Å². The maximum Gasteiger partial charge on any atom is 0.237 e. The van der Waals surface area contributed by atoms with E-state index in [2.05, 4.69) is 15.5 Å². The number of nitrogens with one attached hydrogen (secondary N) is 1. The molecule has 148 valence electrons. The van der Waals surface area contributed by atoms with Crippen molar-refractivity contribution in [1.29, 1.82) is 5.26 Å². The van der Waals surface area contributed by atoms with Gasteiger partial charge in [0.1, 0.15) is 5.82 Å². The molecular weight excluding hydrogens is 409 g/mol. The normalized spacial score (nSPS) is 10.3. The van der Waals surface area contributed by atoms with E-state index in [1.54, 1.807) is 12.1 Å². The molecule has 1 heterocycles. The summed E-state index contributed by atoms with van der Waals surface area (Å²) < 4.78 is 14.7. The van der Waals surface area contributed by atoms with Crippen molar-refractivity contribution in [2.75, 3.05) is 22.5 Å². The molecule has 0 saturated carbocycles. The van der Waals surface area contributed by atoms with Gasteiger partial charge in [0.25, 0.3) is 0 Å². The summed E-state index contributed by atoms with van der Waals surface area (Å²) in [5.74, 6) is -0.705. The number of rotatable bonds is 9. The van der Waals surface area contributed by atoms with Gasteiger partial charge in [0.15, 0.2) is 4.34 Å². The second-order valence-electron chi connectivity index (χ2n) is 5.91. The Morgan fingerprint density at radius 2 is 1.93 bits per heavy atom. The highest BCUT2D eigenvalue weighted by molar-refractivity contribution is 8.01. The summed E-state index contributed by atoms with van der Waals surface area (Å²) in [6.45, 7) is 0.769. The zero-order valence-corrected chi connectivity index (χ0v) is 17.0. The lowest BCUT2D eigenvalue weighted by molar-refractivity contribution is -0.116. The highest BCUT2D eigenvalue weighted by Gasteiger charge is 2.19. The zero-order chi connectivity index (χ0) is 20.5. The van der Waals surface area contributed by atoms with E-state index in [1.807, 2.05) is 36.4 Å². The van der Waals surface area contributed by atoms with Gasteiger partial charge in [0.05, 0.1) is 23.9 Å². The SMILES string of the molecule is N#CCCN(C(=O)CSc1nnc(NCc2ccccc2)s1)c1ccccc1F. The van der Waals surface area contributed by atoms with Gasteiger partial charge < -0.3 is 10.2 Å². The average molecular weight is 428 g/mol. The monoisotopic (exact) mass is 427 g/mol. The lowest BCUT2D eigenvalue weighted by atomic mass is 10.2. The third kappa shape index (κ3) is 6.01. The van der Waals surface area contributed by atoms with Gasteiger partial charge in [-0.2, -0.15) is 5.26 Å². The van der Waals surface area contributed by atoms with Gasteiger partial charge in [-0.1, -0.05) is 65.6 Å². The number of carbonyl (C=O) groups is 1. The van der Waals surface area contributed by atoms with Crippen molar-refractivity contribution in [3.8, 4) is 6.07 Å². The molecule has 0 fully saturated rings. The zero-order valence-electron chi connectivity index (χ0n) is 15.4. The summed E-state index contributed by atoms with van der Waals surface area (Å²) in [4.78, 5) is 14.0. The minimum atomic E-state index is -0.493. The summed E-state index contributed by atoms with van der Waals surface area (Å²) in [6, 6.07) is 18.0. The molecule has 1 N–H and O–H groups in total. The van der Waals surface area contributed by atoms with E-state index in [-0.39, 0.29) is 30.3 Å². The molecule has 0 spiro atoms. The van der Waals surface area contributed by atoms with Crippen LogP contribution in [0.2, 0.25) is 0 Å². The van der Waals surface area contributed by atoms with Crippen LogP contribution in [0.5, 0.6) is 0 Å². The number of para-hydroxylation sites is 1. The highest BCUT2D eigenvalue weighted by Crippen LogP contribution is 2.27. The molecule has 6 nitrogen and oxygen atoms in total. The van der Waals surface area contributed by atoms with Gasteiger partial charge in [-0.3, -0.25) is 4.79 Å². The summed E-state index contributed by atoms with van der Waals surface area (Å²) in [5, 5.41) is 20.9. The van der Waals surface area contributed by atoms with Crippen LogP contribution in [0.3, 0.4) is 0 Å². The van der Waals surface area contributed by atoms with Gasteiger partial charge in [-0.15, -0.1) is 10.2 Å². The first-order chi connectivity index (χ1) is 14.2. The number of nitrogens with zero attached hydrogens (tertiary/aromatic N) is 4. The second-order valence-corrected chi connectivity index (χ2v) is 8.11. The molecule has 0 aliphatic rings. The number of carbonyl (C=O) groups excluding carboxylic acids is 1. The van der Waals surface area contributed by atoms with Gasteiger partial charge in [0.2, 0.25) is 11.0 Å². The first kappa shape index (κ1) is 20.8. The van der Waals surface area contributed by atoms with Crippen LogP contribution in [0, 0.1) is 17.1 Å². The van der Waals surface area contributed by atoms with E-state index in [4.69, 9.17) is 5.26 Å².